The first-order chi connectivity index (χ1) is 13.3. The molecule has 1 fully saturated rings. The quantitative estimate of drug-likeness (QED) is 0.705. The number of piperazine rings is 1. The van der Waals surface area contributed by atoms with E-state index in [0.29, 0.717) is 5.69 Å². The minimum Gasteiger partial charge on any atom is -0.358 e. The monoisotopic (exact) mass is 367 g/mol. The Morgan fingerprint density at radius 2 is 1.70 bits per heavy atom. The number of rotatable bonds is 6. The lowest BCUT2D eigenvalue weighted by atomic mass is 10.1. The number of benzene rings is 2. The van der Waals surface area contributed by atoms with Crippen LogP contribution < -0.4 is 9.80 Å². The van der Waals surface area contributed by atoms with E-state index in [1.807, 2.05) is 22.9 Å². The van der Waals surface area contributed by atoms with Gasteiger partial charge in [0, 0.05) is 6.54 Å². The predicted octanol–water partition coefficient (Wildman–Crippen LogP) is 0.960. The number of tetrazole rings is 1. The average molecular weight is 367 g/mol. The second-order valence-electron chi connectivity index (χ2n) is 6.92. The van der Waals surface area contributed by atoms with Crippen LogP contribution in [0.25, 0.3) is 0 Å². The van der Waals surface area contributed by atoms with Gasteiger partial charge in [0.05, 0.1) is 31.9 Å². The molecule has 0 spiro atoms. The Bertz CT molecular complexity index is 858. The van der Waals surface area contributed by atoms with E-state index in [2.05, 4.69) is 44.7 Å². The third-order valence-corrected chi connectivity index (χ3v) is 5.13. The fourth-order valence-electron chi connectivity index (χ4n) is 3.58. The molecule has 0 atom stereocenters. The van der Waals surface area contributed by atoms with Crippen LogP contribution >= 0.6 is 0 Å². The van der Waals surface area contributed by atoms with Gasteiger partial charge in [0.15, 0.2) is 0 Å². The molecule has 4 rings (SSSR count). The highest BCUT2D eigenvalue weighted by atomic mass is 19.1. The Morgan fingerprint density at radius 3 is 2.48 bits per heavy atom. The number of aryl methyl sites for hydroxylation is 2. The van der Waals surface area contributed by atoms with Crippen molar-refractivity contribution in [3.05, 3.63) is 71.8 Å². The van der Waals surface area contributed by atoms with Gasteiger partial charge in [0.2, 0.25) is 5.82 Å². The van der Waals surface area contributed by atoms with Gasteiger partial charge >= 0.3 is 0 Å². The summed E-state index contributed by atoms with van der Waals surface area (Å²) in [4.78, 5) is 3.55. The van der Waals surface area contributed by atoms with E-state index in [0.717, 1.165) is 51.5 Å². The molecule has 0 aliphatic carbocycles. The molecule has 1 aliphatic rings. The molecule has 0 radical (unpaired) electrons. The lowest BCUT2D eigenvalue weighted by Crippen LogP contribution is -3.13. The van der Waals surface area contributed by atoms with Crippen molar-refractivity contribution in [3.63, 3.8) is 0 Å². The van der Waals surface area contributed by atoms with Crippen LogP contribution in [0.15, 0.2) is 54.6 Å². The number of halogens is 1. The van der Waals surface area contributed by atoms with Crippen LogP contribution in [-0.2, 0) is 19.5 Å². The number of hydrogen-bond acceptors (Lipinski definition) is 4. The molecule has 27 heavy (non-hydrogen) atoms. The van der Waals surface area contributed by atoms with E-state index in [-0.39, 0.29) is 5.82 Å². The van der Waals surface area contributed by atoms with E-state index in [1.165, 1.54) is 16.5 Å². The van der Waals surface area contributed by atoms with E-state index >= 15 is 0 Å². The van der Waals surface area contributed by atoms with Gasteiger partial charge in [0.25, 0.3) is 0 Å². The molecule has 2 aromatic carbocycles. The summed E-state index contributed by atoms with van der Waals surface area (Å²) in [6.07, 6.45) is 0.912. The summed E-state index contributed by atoms with van der Waals surface area (Å²) >= 11 is 0. The van der Waals surface area contributed by atoms with Crippen LogP contribution in [0.1, 0.15) is 11.4 Å². The van der Waals surface area contributed by atoms with Crippen molar-refractivity contribution in [2.75, 3.05) is 31.1 Å². The summed E-state index contributed by atoms with van der Waals surface area (Å²) in [5.74, 6) is 0.770. The summed E-state index contributed by atoms with van der Waals surface area (Å²) in [7, 11) is 0. The second kappa shape index (κ2) is 8.26. The van der Waals surface area contributed by atoms with Crippen molar-refractivity contribution in [1.82, 2.24) is 20.2 Å². The third kappa shape index (κ3) is 4.31. The zero-order valence-corrected chi connectivity index (χ0v) is 15.3. The molecular formula is C20H24FN6+. The van der Waals surface area contributed by atoms with Crippen molar-refractivity contribution in [1.29, 1.82) is 0 Å². The maximum Gasteiger partial charge on any atom is 0.206 e. The lowest BCUT2D eigenvalue weighted by molar-refractivity contribution is -0.915. The molecule has 1 aromatic heterocycles. The van der Waals surface area contributed by atoms with E-state index in [4.69, 9.17) is 0 Å². The van der Waals surface area contributed by atoms with Gasteiger partial charge in [-0.05, 0) is 34.5 Å². The van der Waals surface area contributed by atoms with Gasteiger partial charge in [-0.25, -0.2) is 9.07 Å². The molecule has 0 amide bonds. The molecule has 0 saturated carbocycles. The minimum absolute atomic E-state index is 0.147. The SMILES string of the molecule is Fc1ccccc1N1CC[NH+](Cc2nnnn2CCc2ccccc2)CC1. The van der Waals surface area contributed by atoms with Crippen LogP contribution in [0.5, 0.6) is 0 Å². The van der Waals surface area contributed by atoms with Gasteiger partial charge in [-0.15, -0.1) is 5.10 Å². The zero-order valence-electron chi connectivity index (χ0n) is 15.3. The predicted molar refractivity (Wildman–Crippen MR) is 101 cm³/mol. The maximum absolute atomic E-state index is 14.0. The number of nitrogens with zero attached hydrogens (tertiary/aromatic N) is 5. The number of anilines is 1. The fourth-order valence-corrected chi connectivity index (χ4v) is 3.58. The molecule has 7 heteroatoms. The standard InChI is InChI=1S/C20H23FN6/c21-18-8-4-5-9-19(18)26-14-12-25(13-15-26)16-20-22-23-24-27(20)11-10-17-6-2-1-3-7-17/h1-9H,10-16H2/p+1. The van der Waals surface area contributed by atoms with Crippen LogP contribution in [0.4, 0.5) is 10.1 Å². The Balaban J connectivity index is 1.32. The molecule has 0 bridgehead atoms. The average Bonchev–Trinajstić information content (AvgIpc) is 3.15. The first-order valence-corrected chi connectivity index (χ1v) is 9.41. The summed E-state index contributed by atoms with van der Waals surface area (Å²) in [6, 6.07) is 17.4. The number of quaternary nitrogens is 1. The fraction of sp³-hybridized carbons (Fsp3) is 0.350. The van der Waals surface area contributed by atoms with Gasteiger partial charge in [0.1, 0.15) is 12.4 Å². The number of aromatic nitrogens is 4. The van der Waals surface area contributed by atoms with Gasteiger partial charge in [-0.3, -0.25) is 0 Å². The van der Waals surface area contributed by atoms with Gasteiger partial charge in [-0.1, -0.05) is 42.5 Å². The van der Waals surface area contributed by atoms with Crippen molar-refractivity contribution < 1.29 is 9.29 Å². The number of hydrogen-bond donors (Lipinski definition) is 1. The molecule has 2 heterocycles. The van der Waals surface area contributed by atoms with E-state index < -0.39 is 0 Å². The van der Waals surface area contributed by atoms with Gasteiger partial charge in [-0.2, -0.15) is 0 Å². The molecular weight excluding hydrogens is 343 g/mol. The lowest BCUT2D eigenvalue weighted by Gasteiger charge is -2.33. The van der Waals surface area contributed by atoms with Gasteiger partial charge < -0.3 is 9.80 Å². The van der Waals surface area contributed by atoms with Crippen LogP contribution in [0.3, 0.4) is 0 Å². The zero-order chi connectivity index (χ0) is 18.5. The summed E-state index contributed by atoms with van der Waals surface area (Å²) in [5.41, 5.74) is 1.98. The number of para-hydroxylation sites is 1. The first-order valence-electron chi connectivity index (χ1n) is 9.41. The Hall–Kier alpha value is -2.80. The molecule has 1 saturated heterocycles. The smallest absolute Gasteiger partial charge is 0.206 e. The Labute approximate surface area is 158 Å². The molecule has 3 aromatic rings. The molecule has 140 valence electrons. The summed E-state index contributed by atoms with van der Waals surface area (Å²) in [6.45, 7) is 5.14. The van der Waals surface area contributed by atoms with E-state index in [1.54, 1.807) is 6.07 Å². The van der Waals surface area contributed by atoms with Crippen LogP contribution in [-0.4, -0.2) is 46.4 Å². The van der Waals surface area contributed by atoms with E-state index in [9.17, 15) is 4.39 Å². The Morgan fingerprint density at radius 1 is 0.963 bits per heavy atom. The van der Waals surface area contributed by atoms with Crippen molar-refractivity contribution in [2.45, 2.75) is 19.5 Å². The Kier molecular flexibility index (Phi) is 5.39. The largest absolute Gasteiger partial charge is 0.358 e. The molecule has 0 unspecified atom stereocenters. The van der Waals surface area contributed by atoms with Crippen LogP contribution in [0.2, 0.25) is 0 Å². The summed E-state index contributed by atoms with van der Waals surface area (Å²) < 4.78 is 15.9. The highest BCUT2D eigenvalue weighted by Crippen LogP contribution is 2.18. The van der Waals surface area contributed by atoms with Crippen molar-refractivity contribution >= 4 is 5.69 Å². The molecule has 1 N–H and O–H groups in total. The number of nitrogens with one attached hydrogen (secondary N) is 1. The maximum atomic E-state index is 14.0. The first kappa shape index (κ1) is 17.6. The van der Waals surface area contributed by atoms with Crippen LogP contribution in [0, 0.1) is 5.82 Å². The highest BCUT2D eigenvalue weighted by Gasteiger charge is 2.23. The van der Waals surface area contributed by atoms with Crippen molar-refractivity contribution in [2.24, 2.45) is 0 Å². The normalized spacial score (nSPS) is 15.2. The molecule has 6 nitrogen and oxygen atoms in total. The summed E-state index contributed by atoms with van der Waals surface area (Å²) in [5, 5.41) is 12.2. The minimum atomic E-state index is -0.147. The second-order valence-corrected chi connectivity index (χ2v) is 6.92. The molecule has 1 aliphatic heterocycles. The highest BCUT2D eigenvalue weighted by molar-refractivity contribution is 5.47. The third-order valence-electron chi connectivity index (χ3n) is 5.13. The topological polar surface area (TPSA) is 51.3 Å². The van der Waals surface area contributed by atoms with Crippen molar-refractivity contribution in [3.8, 4) is 0 Å².